The molecule has 0 spiro atoms. The molecule has 0 aromatic heterocycles. The van der Waals surface area contributed by atoms with E-state index < -0.39 is 35.7 Å². The van der Waals surface area contributed by atoms with E-state index in [2.05, 4.69) is 5.32 Å². The molecule has 1 rings (SSSR count). The fourth-order valence-corrected chi connectivity index (χ4v) is 2.09. The predicted molar refractivity (Wildman–Crippen MR) is 64.1 cm³/mol. The monoisotopic (exact) mass is 259 g/mol. The molecule has 1 amide bonds. The fraction of sp³-hybridized carbons (Fsp3) is 0.833. The maximum atomic E-state index is 11.6. The van der Waals surface area contributed by atoms with Crippen LogP contribution in [0.25, 0.3) is 0 Å². The summed E-state index contributed by atoms with van der Waals surface area (Å²) in [5, 5.41) is 21.3. The molecule has 1 aliphatic rings. The Morgan fingerprint density at radius 2 is 1.89 bits per heavy atom. The van der Waals surface area contributed by atoms with Gasteiger partial charge in [0.1, 0.15) is 5.60 Å². The van der Waals surface area contributed by atoms with Gasteiger partial charge in [-0.25, -0.2) is 4.79 Å². The number of rotatable bonds is 2. The highest BCUT2D eigenvalue weighted by Crippen LogP contribution is 2.25. The van der Waals surface area contributed by atoms with Crippen molar-refractivity contribution in [3.05, 3.63) is 0 Å². The summed E-state index contributed by atoms with van der Waals surface area (Å²) in [6.45, 7) is 5.16. The van der Waals surface area contributed by atoms with E-state index in [1.807, 2.05) is 0 Å². The molecular weight excluding hydrogens is 238 g/mol. The molecule has 1 saturated carbocycles. The zero-order valence-corrected chi connectivity index (χ0v) is 11.0. The molecule has 1 fully saturated rings. The molecule has 3 N–H and O–H groups in total. The van der Waals surface area contributed by atoms with Gasteiger partial charge in [-0.3, -0.25) is 4.79 Å². The number of ether oxygens (including phenoxy) is 1. The summed E-state index contributed by atoms with van der Waals surface area (Å²) in [6, 6.07) is -0.786. The molecule has 0 radical (unpaired) electrons. The van der Waals surface area contributed by atoms with Crippen LogP contribution in [0.15, 0.2) is 0 Å². The minimum Gasteiger partial charge on any atom is -0.481 e. The summed E-state index contributed by atoms with van der Waals surface area (Å²) in [7, 11) is 0. The molecule has 1 aliphatic carbocycles. The van der Waals surface area contributed by atoms with E-state index in [0.29, 0.717) is 19.3 Å². The summed E-state index contributed by atoms with van der Waals surface area (Å²) in [6.07, 6.45) is 0.0499. The smallest absolute Gasteiger partial charge is 0.407 e. The number of aliphatic hydroxyl groups excluding tert-OH is 1. The number of alkyl carbamates (subject to hydrolysis) is 1. The molecule has 6 nitrogen and oxygen atoms in total. The van der Waals surface area contributed by atoms with Crippen LogP contribution in [0.5, 0.6) is 0 Å². The largest absolute Gasteiger partial charge is 0.481 e. The lowest BCUT2D eigenvalue weighted by atomic mass is 9.82. The summed E-state index contributed by atoms with van der Waals surface area (Å²) < 4.78 is 5.06. The van der Waals surface area contributed by atoms with E-state index in [0.717, 1.165) is 0 Å². The van der Waals surface area contributed by atoms with Gasteiger partial charge in [-0.15, -0.1) is 0 Å². The third-order valence-corrected chi connectivity index (χ3v) is 2.86. The van der Waals surface area contributed by atoms with Crippen LogP contribution in [0.3, 0.4) is 0 Å². The van der Waals surface area contributed by atoms with Gasteiger partial charge in [0.15, 0.2) is 0 Å². The van der Waals surface area contributed by atoms with Crippen molar-refractivity contribution >= 4 is 12.1 Å². The molecule has 6 heteroatoms. The van der Waals surface area contributed by atoms with Crippen molar-refractivity contribution in [1.82, 2.24) is 5.32 Å². The Morgan fingerprint density at radius 1 is 1.28 bits per heavy atom. The number of carboxylic acids is 1. The molecule has 0 aromatic carbocycles. The first-order valence-electron chi connectivity index (χ1n) is 6.11. The lowest BCUT2D eigenvalue weighted by molar-refractivity contribution is -0.145. The van der Waals surface area contributed by atoms with E-state index in [9.17, 15) is 14.7 Å². The lowest BCUT2D eigenvalue weighted by Crippen LogP contribution is -2.53. The third-order valence-electron chi connectivity index (χ3n) is 2.86. The Bertz CT molecular complexity index is 323. The van der Waals surface area contributed by atoms with Crippen molar-refractivity contribution in [2.24, 2.45) is 5.92 Å². The molecule has 18 heavy (non-hydrogen) atoms. The summed E-state index contributed by atoms with van der Waals surface area (Å²) in [4.78, 5) is 22.7. The molecule has 3 atom stereocenters. The summed E-state index contributed by atoms with van der Waals surface area (Å²) in [5.74, 6) is -1.77. The SMILES string of the molecule is CC(C)(C)OC(=O)N[C@@H]1[C@H](O)CCC[C@@H]1C(=O)O. The van der Waals surface area contributed by atoms with Crippen LogP contribution in [-0.2, 0) is 9.53 Å². The maximum absolute atomic E-state index is 11.6. The minimum atomic E-state index is -1.00. The van der Waals surface area contributed by atoms with Gasteiger partial charge in [-0.05, 0) is 40.0 Å². The molecule has 104 valence electrons. The topological polar surface area (TPSA) is 95.9 Å². The highest BCUT2D eigenvalue weighted by Gasteiger charge is 2.38. The number of aliphatic carboxylic acids is 1. The molecule has 0 saturated heterocycles. The van der Waals surface area contributed by atoms with Crippen molar-refractivity contribution in [2.75, 3.05) is 0 Å². The summed E-state index contributed by atoms with van der Waals surface area (Å²) >= 11 is 0. The van der Waals surface area contributed by atoms with Crippen molar-refractivity contribution in [3.63, 3.8) is 0 Å². The van der Waals surface area contributed by atoms with Crippen molar-refractivity contribution in [1.29, 1.82) is 0 Å². The van der Waals surface area contributed by atoms with Crippen LogP contribution in [0.4, 0.5) is 4.79 Å². The number of carbonyl (C=O) groups excluding carboxylic acids is 1. The molecule has 0 unspecified atom stereocenters. The molecule has 0 heterocycles. The van der Waals surface area contributed by atoms with Crippen LogP contribution in [0.2, 0.25) is 0 Å². The standard InChI is InChI=1S/C12H21NO5/c1-12(2,3)18-11(17)13-9-7(10(15)16)5-4-6-8(9)14/h7-9,14H,4-6H2,1-3H3,(H,13,17)(H,15,16)/t7-,8+,9-/m0/s1. The number of carboxylic acid groups (broad SMARTS) is 1. The first kappa shape index (κ1) is 14.8. The number of amides is 1. The Hall–Kier alpha value is -1.30. The Balaban J connectivity index is 2.66. The second kappa shape index (κ2) is 5.56. The third kappa shape index (κ3) is 4.18. The van der Waals surface area contributed by atoms with E-state index in [4.69, 9.17) is 9.84 Å². The predicted octanol–water partition coefficient (Wildman–Crippen LogP) is 1.13. The van der Waals surface area contributed by atoms with Gasteiger partial charge < -0.3 is 20.3 Å². The zero-order chi connectivity index (χ0) is 13.9. The summed E-state index contributed by atoms with van der Waals surface area (Å²) in [5.41, 5.74) is -0.650. The van der Waals surface area contributed by atoms with Gasteiger partial charge in [-0.1, -0.05) is 0 Å². The first-order valence-corrected chi connectivity index (χ1v) is 6.11. The van der Waals surface area contributed by atoms with Gasteiger partial charge in [0.25, 0.3) is 0 Å². The van der Waals surface area contributed by atoms with Crippen LogP contribution in [0.1, 0.15) is 40.0 Å². The highest BCUT2D eigenvalue weighted by atomic mass is 16.6. The number of hydrogen-bond acceptors (Lipinski definition) is 4. The first-order chi connectivity index (χ1) is 8.20. The number of carbonyl (C=O) groups is 2. The van der Waals surface area contributed by atoms with E-state index >= 15 is 0 Å². The van der Waals surface area contributed by atoms with E-state index in [1.54, 1.807) is 20.8 Å². The highest BCUT2D eigenvalue weighted by molar-refractivity contribution is 5.74. The van der Waals surface area contributed by atoms with Crippen LogP contribution < -0.4 is 5.32 Å². The Kier molecular flexibility index (Phi) is 4.56. The van der Waals surface area contributed by atoms with E-state index in [-0.39, 0.29) is 0 Å². The van der Waals surface area contributed by atoms with Gasteiger partial charge in [-0.2, -0.15) is 0 Å². The van der Waals surface area contributed by atoms with Gasteiger partial charge >= 0.3 is 12.1 Å². The normalized spacial score (nSPS) is 28.6. The Labute approximate surface area is 106 Å². The van der Waals surface area contributed by atoms with Gasteiger partial charge in [0.05, 0.1) is 18.1 Å². The van der Waals surface area contributed by atoms with Crippen molar-refractivity contribution < 1.29 is 24.5 Å². The number of hydrogen-bond donors (Lipinski definition) is 3. The number of aliphatic hydroxyl groups is 1. The van der Waals surface area contributed by atoms with Crippen LogP contribution >= 0.6 is 0 Å². The number of nitrogens with one attached hydrogen (secondary N) is 1. The van der Waals surface area contributed by atoms with Crippen LogP contribution in [0, 0.1) is 5.92 Å². The average molecular weight is 259 g/mol. The Morgan fingerprint density at radius 3 is 2.39 bits per heavy atom. The second-order valence-corrected chi connectivity index (χ2v) is 5.61. The zero-order valence-electron chi connectivity index (χ0n) is 11.0. The molecule has 0 aromatic rings. The molecule has 0 aliphatic heterocycles. The lowest BCUT2D eigenvalue weighted by Gasteiger charge is -2.34. The van der Waals surface area contributed by atoms with Gasteiger partial charge in [0, 0.05) is 0 Å². The van der Waals surface area contributed by atoms with E-state index in [1.165, 1.54) is 0 Å². The quantitative estimate of drug-likeness (QED) is 0.690. The molecule has 0 bridgehead atoms. The molecular formula is C12H21NO5. The maximum Gasteiger partial charge on any atom is 0.407 e. The average Bonchev–Trinajstić information content (AvgIpc) is 2.17. The van der Waals surface area contributed by atoms with Gasteiger partial charge in [0.2, 0.25) is 0 Å². The van der Waals surface area contributed by atoms with Crippen molar-refractivity contribution in [2.45, 2.75) is 57.8 Å². The minimum absolute atomic E-state index is 0.451. The second-order valence-electron chi connectivity index (χ2n) is 5.61. The fourth-order valence-electron chi connectivity index (χ4n) is 2.09. The van der Waals surface area contributed by atoms with Crippen molar-refractivity contribution in [3.8, 4) is 0 Å². The van der Waals surface area contributed by atoms with Crippen LogP contribution in [-0.4, -0.2) is 40.0 Å².